The number of amides is 2. The van der Waals surface area contributed by atoms with Crippen LogP contribution in [-0.4, -0.2) is 36.1 Å². The second-order valence-corrected chi connectivity index (χ2v) is 7.76. The molecule has 3 rings (SSSR count). The molecule has 2 heterocycles. The SMILES string of the molecule is CC[C@H]1Oc2ccc(S(=O)(=O)NC(=O)c3cn(CC)nc3C)cc2NC1=O. The number of nitrogens with zero attached hydrogens (tertiary/aromatic N) is 2. The average Bonchev–Trinajstić information content (AvgIpc) is 3.01. The maximum atomic E-state index is 12.6. The lowest BCUT2D eigenvalue weighted by Crippen LogP contribution is -2.36. The van der Waals surface area contributed by atoms with Gasteiger partial charge in [-0.05, 0) is 38.5 Å². The first-order valence-electron chi connectivity index (χ1n) is 8.48. The third kappa shape index (κ3) is 3.65. The Morgan fingerprint density at radius 1 is 1.37 bits per heavy atom. The Balaban J connectivity index is 1.85. The van der Waals surface area contributed by atoms with Gasteiger partial charge < -0.3 is 10.1 Å². The zero-order valence-corrected chi connectivity index (χ0v) is 16.0. The van der Waals surface area contributed by atoms with Crippen LogP contribution >= 0.6 is 0 Å². The summed E-state index contributed by atoms with van der Waals surface area (Å²) >= 11 is 0. The van der Waals surface area contributed by atoms with Crippen molar-refractivity contribution in [3.63, 3.8) is 0 Å². The van der Waals surface area contributed by atoms with E-state index in [1.807, 2.05) is 18.6 Å². The van der Waals surface area contributed by atoms with Crippen molar-refractivity contribution in [1.29, 1.82) is 0 Å². The van der Waals surface area contributed by atoms with E-state index in [0.717, 1.165) is 0 Å². The molecule has 1 aromatic heterocycles. The Kier molecular flexibility index (Phi) is 4.92. The Hall–Kier alpha value is -2.88. The van der Waals surface area contributed by atoms with Gasteiger partial charge >= 0.3 is 0 Å². The maximum Gasteiger partial charge on any atom is 0.268 e. The zero-order chi connectivity index (χ0) is 19.8. The fourth-order valence-electron chi connectivity index (χ4n) is 2.70. The second kappa shape index (κ2) is 7.03. The molecule has 2 N–H and O–H groups in total. The standard InChI is InChI=1S/C17H20N4O5S/c1-4-14-17(23)18-13-8-11(6-7-15(13)26-14)27(24,25)20-16(22)12-9-21(5-2)19-10(12)3/h6-9,14H,4-5H2,1-3H3,(H,18,23)(H,20,22)/t14-/m1/s1. The highest BCUT2D eigenvalue weighted by molar-refractivity contribution is 7.90. The minimum atomic E-state index is -4.14. The summed E-state index contributed by atoms with van der Waals surface area (Å²) in [5.41, 5.74) is 0.858. The number of aromatic nitrogens is 2. The summed E-state index contributed by atoms with van der Waals surface area (Å²) in [5, 5.41) is 6.76. The number of anilines is 1. The molecule has 1 aromatic carbocycles. The Bertz CT molecular complexity index is 1010. The van der Waals surface area contributed by atoms with Crippen LogP contribution < -0.4 is 14.8 Å². The third-order valence-electron chi connectivity index (χ3n) is 4.19. The monoisotopic (exact) mass is 392 g/mol. The number of ether oxygens (including phenoxy) is 1. The molecule has 27 heavy (non-hydrogen) atoms. The molecule has 0 saturated heterocycles. The molecule has 0 saturated carbocycles. The minimum Gasteiger partial charge on any atom is -0.478 e. The zero-order valence-electron chi connectivity index (χ0n) is 15.1. The molecule has 1 aliphatic rings. The second-order valence-electron chi connectivity index (χ2n) is 6.08. The number of aryl methyl sites for hydroxylation is 2. The van der Waals surface area contributed by atoms with Crippen molar-refractivity contribution in [3.8, 4) is 5.75 Å². The summed E-state index contributed by atoms with van der Waals surface area (Å²) in [7, 11) is -4.14. The number of benzene rings is 1. The highest BCUT2D eigenvalue weighted by atomic mass is 32.2. The quantitative estimate of drug-likeness (QED) is 0.795. The summed E-state index contributed by atoms with van der Waals surface area (Å²) in [4.78, 5) is 24.1. The molecule has 0 fully saturated rings. The molecule has 1 atom stereocenters. The van der Waals surface area contributed by atoms with E-state index in [1.165, 1.54) is 24.4 Å². The van der Waals surface area contributed by atoms with E-state index >= 15 is 0 Å². The van der Waals surface area contributed by atoms with Crippen LogP contribution in [0.25, 0.3) is 0 Å². The van der Waals surface area contributed by atoms with Gasteiger partial charge in [-0.3, -0.25) is 14.3 Å². The number of nitrogens with one attached hydrogen (secondary N) is 2. The van der Waals surface area contributed by atoms with Crippen LogP contribution in [0.15, 0.2) is 29.3 Å². The van der Waals surface area contributed by atoms with Crippen molar-refractivity contribution in [2.75, 3.05) is 5.32 Å². The van der Waals surface area contributed by atoms with Crippen LogP contribution in [0.4, 0.5) is 5.69 Å². The van der Waals surface area contributed by atoms with Gasteiger partial charge in [-0.15, -0.1) is 0 Å². The summed E-state index contributed by atoms with van der Waals surface area (Å²) in [6.07, 6.45) is 1.37. The number of hydrogen-bond donors (Lipinski definition) is 2. The molecule has 144 valence electrons. The van der Waals surface area contributed by atoms with Crippen molar-refractivity contribution >= 4 is 27.5 Å². The van der Waals surface area contributed by atoms with E-state index in [9.17, 15) is 18.0 Å². The molecule has 1 aliphatic heterocycles. The van der Waals surface area contributed by atoms with Crippen LogP contribution in [0.5, 0.6) is 5.75 Å². The molecule has 0 unspecified atom stereocenters. The fourth-order valence-corrected chi connectivity index (χ4v) is 3.70. The number of hydrogen-bond acceptors (Lipinski definition) is 6. The van der Waals surface area contributed by atoms with Gasteiger partial charge in [0, 0.05) is 12.7 Å². The van der Waals surface area contributed by atoms with Gasteiger partial charge in [-0.25, -0.2) is 13.1 Å². The number of carbonyl (C=O) groups is 2. The van der Waals surface area contributed by atoms with Crippen molar-refractivity contribution in [1.82, 2.24) is 14.5 Å². The van der Waals surface area contributed by atoms with Crippen LogP contribution in [0.3, 0.4) is 0 Å². The van der Waals surface area contributed by atoms with Crippen molar-refractivity contribution in [2.45, 2.75) is 44.7 Å². The molecular weight excluding hydrogens is 372 g/mol. The lowest BCUT2D eigenvalue weighted by molar-refractivity contribution is -0.123. The predicted octanol–water partition coefficient (Wildman–Crippen LogP) is 1.44. The Morgan fingerprint density at radius 2 is 2.11 bits per heavy atom. The molecule has 0 spiro atoms. The van der Waals surface area contributed by atoms with Crippen molar-refractivity contribution in [3.05, 3.63) is 35.7 Å². The van der Waals surface area contributed by atoms with Crippen LogP contribution in [0.1, 0.15) is 36.3 Å². The molecule has 0 radical (unpaired) electrons. The van der Waals surface area contributed by atoms with Gasteiger partial charge in [0.15, 0.2) is 6.10 Å². The van der Waals surface area contributed by atoms with Gasteiger partial charge in [0.25, 0.3) is 21.8 Å². The lowest BCUT2D eigenvalue weighted by atomic mass is 10.2. The summed E-state index contributed by atoms with van der Waals surface area (Å²) in [6.45, 7) is 5.86. The van der Waals surface area contributed by atoms with Crippen LogP contribution in [-0.2, 0) is 21.4 Å². The maximum absolute atomic E-state index is 12.6. The van der Waals surface area contributed by atoms with Crippen molar-refractivity contribution in [2.24, 2.45) is 0 Å². The van der Waals surface area contributed by atoms with Crippen LogP contribution in [0.2, 0.25) is 0 Å². The normalized spacial score (nSPS) is 16.3. The molecule has 2 amide bonds. The molecule has 10 heteroatoms. The minimum absolute atomic E-state index is 0.158. The van der Waals surface area contributed by atoms with E-state index in [1.54, 1.807) is 11.6 Å². The Labute approximate surface area is 156 Å². The average molecular weight is 392 g/mol. The summed E-state index contributed by atoms with van der Waals surface area (Å²) in [5.74, 6) is -0.728. The number of carbonyl (C=O) groups excluding carboxylic acids is 2. The molecule has 2 aromatic rings. The van der Waals surface area contributed by atoms with E-state index in [-0.39, 0.29) is 22.1 Å². The van der Waals surface area contributed by atoms with Crippen LogP contribution in [0, 0.1) is 6.92 Å². The molecule has 0 aliphatic carbocycles. The van der Waals surface area contributed by atoms with Crippen molar-refractivity contribution < 1.29 is 22.7 Å². The first kappa shape index (κ1) is 18.9. The smallest absolute Gasteiger partial charge is 0.268 e. The van der Waals surface area contributed by atoms with Gasteiger partial charge in [0.05, 0.1) is 21.8 Å². The number of sulfonamides is 1. The van der Waals surface area contributed by atoms with E-state index in [4.69, 9.17) is 4.74 Å². The lowest BCUT2D eigenvalue weighted by Gasteiger charge is -2.25. The van der Waals surface area contributed by atoms with Gasteiger partial charge in [-0.1, -0.05) is 6.92 Å². The van der Waals surface area contributed by atoms with E-state index in [2.05, 4.69) is 10.4 Å². The fraction of sp³-hybridized carbons (Fsp3) is 0.353. The highest BCUT2D eigenvalue weighted by Crippen LogP contribution is 2.32. The summed E-state index contributed by atoms with van der Waals surface area (Å²) in [6, 6.07) is 4.04. The highest BCUT2D eigenvalue weighted by Gasteiger charge is 2.28. The van der Waals surface area contributed by atoms with Gasteiger partial charge in [0.1, 0.15) is 5.75 Å². The van der Waals surface area contributed by atoms with E-state index in [0.29, 0.717) is 24.4 Å². The predicted molar refractivity (Wildman–Crippen MR) is 97.1 cm³/mol. The first-order chi connectivity index (χ1) is 12.7. The number of fused-ring (bicyclic) bond motifs is 1. The van der Waals surface area contributed by atoms with E-state index < -0.39 is 22.0 Å². The largest absolute Gasteiger partial charge is 0.478 e. The molecule has 9 nitrogen and oxygen atoms in total. The topological polar surface area (TPSA) is 119 Å². The Morgan fingerprint density at radius 3 is 2.74 bits per heavy atom. The molecule has 0 bridgehead atoms. The molecular formula is C17H20N4O5S. The summed E-state index contributed by atoms with van der Waals surface area (Å²) < 4.78 is 34.3. The van der Waals surface area contributed by atoms with Gasteiger partial charge in [0.2, 0.25) is 0 Å². The third-order valence-corrected chi connectivity index (χ3v) is 5.52. The number of rotatable bonds is 5. The first-order valence-corrected chi connectivity index (χ1v) is 9.96. The van der Waals surface area contributed by atoms with Gasteiger partial charge in [-0.2, -0.15) is 5.10 Å².